The molecule has 118 valence electrons. The van der Waals surface area contributed by atoms with E-state index in [0.717, 1.165) is 17.5 Å². The van der Waals surface area contributed by atoms with Gasteiger partial charge < -0.3 is 15.5 Å². The van der Waals surface area contributed by atoms with Crippen molar-refractivity contribution in [2.75, 3.05) is 0 Å². The number of hydrogen-bond acceptors (Lipinski definition) is 4. The maximum Gasteiger partial charge on any atom is 0.273 e. The molecule has 1 amide bonds. The molecule has 3 N–H and O–H groups in total. The van der Waals surface area contributed by atoms with Crippen LogP contribution in [-0.2, 0) is 6.54 Å². The zero-order valence-corrected chi connectivity index (χ0v) is 13.3. The lowest BCUT2D eigenvalue weighted by molar-refractivity contribution is 0.0946. The number of aryl methyl sites for hydroxylation is 1. The number of hydrogen-bond donors (Lipinski definition) is 2. The van der Waals surface area contributed by atoms with E-state index < -0.39 is 0 Å². The van der Waals surface area contributed by atoms with Gasteiger partial charge in [-0.25, -0.2) is 4.98 Å². The van der Waals surface area contributed by atoms with E-state index in [1.807, 2.05) is 31.2 Å². The number of nitrogens with zero attached hydrogens (tertiary/aromatic N) is 1. The van der Waals surface area contributed by atoms with Crippen LogP contribution in [0.1, 0.15) is 53.8 Å². The molecule has 1 aromatic carbocycles. The van der Waals surface area contributed by atoms with Gasteiger partial charge in [0.05, 0.1) is 6.04 Å². The highest BCUT2D eigenvalue weighted by Crippen LogP contribution is 2.18. The minimum Gasteiger partial charge on any atom is -0.446 e. The van der Waals surface area contributed by atoms with E-state index in [1.54, 1.807) is 0 Å². The van der Waals surface area contributed by atoms with E-state index in [-0.39, 0.29) is 17.6 Å². The van der Waals surface area contributed by atoms with Gasteiger partial charge in [0.15, 0.2) is 5.69 Å². The Hall–Kier alpha value is -2.14. The van der Waals surface area contributed by atoms with E-state index in [4.69, 9.17) is 10.2 Å². The van der Waals surface area contributed by atoms with Gasteiger partial charge in [-0.15, -0.1) is 0 Å². The fraction of sp³-hybridized carbons (Fsp3) is 0.412. The Morgan fingerprint density at radius 3 is 2.86 bits per heavy atom. The minimum atomic E-state index is -0.279. The normalized spacial score (nSPS) is 12.4. The van der Waals surface area contributed by atoms with E-state index in [0.29, 0.717) is 18.4 Å². The predicted octanol–water partition coefficient (Wildman–Crippen LogP) is 2.96. The lowest BCUT2D eigenvalue weighted by Gasteiger charge is -2.09. The molecule has 0 fully saturated rings. The number of rotatable bonds is 6. The van der Waals surface area contributed by atoms with E-state index in [9.17, 15) is 4.79 Å². The van der Waals surface area contributed by atoms with Crippen LogP contribution in [0.5, 0.6) is 0 Å². The second-order valence-electron chi connectivity index (χ2n) is 5.98. The van der Waals surface area contributed by atoms with Crippen molar-refractivity contribution in [3.8, 4) is 0 Å². The number of oxazole rings is 1. The highest BCUT2D eigenvalue weighted by molar-refractivity contribution is 5.91. The highest BCUT2D eigenvalue weighted by atomic mass is 16.3. The van der Waals surface area contributed by atoms with Crippen molar-refractivity contribution in [1.29, 1.82) is 0 Å². The van der Waals surface area contributed by atoms with Gasteiger partial charge >= 0.3 is 0 Å². The minimum absolute atomic E-state index is 0.256. The van der Waals surface area contributed by atoms with E-state index in [1.165, 1.54) is 6.26 Å². The standard InChI is InChI=1S/C17H23N3O2/c1-11(2)7-14(18)17-20-15(10-22-17)16(21)19-9-13-6-4-5-12(3)8-13/h4-6,8,10-11,14H,7,9,18H2,1-3H3,(H,19,21). The molecule has 0 saturated carbocycles. The van der Waals surface area contributed by atoms with Gasteiger partial charge in [0.25, 0.3) is 5.91 Å². The zero-order valence-electron chi connectivity index (χ0n) is 13.3. The SMILES string of the molecule is Cc1cccc(CNC(=O)c2coc(C(N)CC(C)C)n2)c1. The van der Waals surface area contributed by atoms with Gasteiger partial charge in [-0.3, -0.25) is 4.79 Å². The van der Waals surface area contributed by atoms with Crippen LogP contribution in [0.25, 0.3) is 0 Å². The average molecular weight is 301 g/mol. The summed E-state index contributed by atoms with van der Waals surface area (Å²) in [5, 5.41) is 2.83. The lowest BCUT2D eigenvalue weighted by Crippen LogP contribution is -2.23. The number of nitrogens with one attached hydrogen (secondary N) is 1. The fourth-order valence-electron chi connectivity index (χ4n) is 2.27. The molecule has 1 atom stereocenters. The summed E-state index contributed by atoms with van der Waals surface area (Å²) in [5.41, 5.74) is 8.48. The molecule has 0 aliphatic heterocycles. The summed E-state index contributed by atoms with van der Waals surface area (Å²) < 4.78 is 5.32. The van der Waals surface area contributed by atoms with Crippen LogP contribution in [0.3, 0.4) is 0 Å². The molecule has 22 heavy (non-hydrogen) atoms. The Labute approximate surface area is 130 Å². The first-order valence-corrected chi connectivity index (χ1v) is 7.50. The molecule has 5 heteroatoms. The lowest BCUT2D eigenvalue weighted by atomic mass is 10.0. The smallest absolute Gasteiger partial charge is 0.273 e. The van der Waals surface area contributed by atoms with E-state index >= 15 is 0 Å². The Balaban J connectivity index is 1.94. The molecule has 0 saturated heterocycles. The first-order chi connectivity index (χ1) is 10.5. The van der Waals surface area contributed by atoms with Crippen LogP contribution in [0.15, 0.2) is 34.9 Å². The summed E-state index contributed by atoms with van der Waals surface area (Å²) in [6.07, 6.45) is 2.13. The number of carbonyl (C=O) groups is 1. The number of nitrogens with two attached hydrogens (primary N) is 1. The topological polar surface area (TPSA) is 81.2 Å². The Morgan fingerprint density at radius 2 is 2.18 bits per heavy atom. The molecule has 5 nitrogen and oxygen atoms in total. The molecule has 1 heterocycles. The van der Waals surface area contributed by atoms with Crippen molar-refractivity contribution >= 4 is 5.91 Å². The second kappa shape index (κ2) is 7.22. The van der Waals surface area contributed by atoms with E-state index in [2.05, 4.69) is 24.1 Å². The summed E-state index contributed by atoms with van der Waals surface area (Å²) in [6.45, 7) is 6.64. The molecule has 2 aromatic rings. The monoisotopic (exact) mass is 301 g/mol. The summed E-state index contributed by atoms with van der Waals surface area (Å²) in [5.74, 6) is 0.600. The van der Waals surface area contributed by atoms with Gasteiger partial charge in [-0.2, -0.15) is 0 Å². The summed E-state index contributed by atoms with van der Waals surface area (Å²) in [4.78, 5) is 16.3. The van der Waals surface area contributed by atoms with Crippen LogP contribution in [-0.4, -0.2) is 10.9 Å². The summed E-state index contributed by atoms with van der Waals surface area (Å²) >= 11 is 0. The van der Waals surface area contributed by atoms with Crippen molar-refractivity contribution < 1.29 is 9.21 Å². The maximum absolute atomic E-state index is 12.1. The molecule has 1 unspecified atom stereocenters. The Kier molecular flexibility index (Phi) is 5.33. The van der Waals surface area contributed by atoms with Gasteiger partial charge in [-0.05, 0) is 24.8 Å². The first kappa shape index (κ1) is 16.2. The predicted molar refractivity (Wildman–Crippen MR) is 85.2 cm³/mol. The third-order valence-corrected chi connectivity index (χ3v) is 3.33. The average Bonchev–Trinajstić information content (AvgIpc) is 2.94. The van der Waals surface area contributed by atoms with Crippen LogP contribution in [0.2, 0.25) is 0 Å². The molecule has 0 radical (unpaired) electrons. The quantitative estimate of drug-likeness (QED) is 0.859. The molecule has 0 bridgehead atoms. The Bertz CT molecular complexity index is 634. The van der Waals surface area contributed by atoms with Gasteiger partial charge in [-0.1, -0.05) is 43.7 Å². The molecule has 0 spiro atoms. The third-order valence-electron chi connectivity index (χ3n) is 3.33. The maximum atomic E-state index is 12.1. The Morgan fingerprint density at radius 1 is 1.41 bits per heavy atom. The molecule has 0 aliphatic rings. The van der Waals surface area contributed by atoms with Crippen molar-refractivity contribution in [3.63, 3.8) is 0 Å². The van der Waals surface area contributed by atoms with Crippen LogP contribution < -0.4 is 11.1 Å². The molecular weight excluding hydrogens is 278 g/mol. The van der Waals surface area contributed by atoms with Crippen molar-refractivity contribution in [1.82, 2.24) is 10.3 Å². The fourth-order valence-corrected chi connectivity index (χ4v) is 2.27. The van der Waals surface area contributed by atoms with Crippen LogP contribution in [0.4, 0.5) is 0 Å². The summed E-state index contributed by atoms with van der Waals surface area (Å²) in [7, 11) is 0. The van der Waals surface area contributed by atoms with Gasteiger partial charge in [0.2, 0.25) is 5.89 Å². The number of benzene rings is 1. The van der Waals surface area contributed by atoms with Gasteiger partial charge in [0, 0.05) is 6.54 Å². The van der Waals surface area contributed by atoms with Crippen molar-refractivity contribution in [3.05, 3.63) is 53.2 Å². The van der Waals surface area contributed by atoms with Crippen LogP contribution in [0, 0.1) is 12.8 Å². The first-order valence-electron chi connectivity index (χ1n) is 7.50. The van der Waals surface area contributed by atoms with Crippen LogP contribution >= 0.6 is 0 Å². The molecule has 1 aromatic heterocycles. The van der Waals surface area contributed by atoms with Gasteiger partial charge in [0.1, 0.15) is 6.26 Å². The zero-order chi connectivity index (χ0) is 16.1. The molecule has 0 aliphatic carbocycles. The highest BCUT2D eigenvalue weighted by Gasteiger charge is 2.17. The van der Waals surface area contributed by atoms with Crippen molar-refractivity contribution in [2.45, 2.75) is 39.8 Å². The number of carbonyl (C=O) groups excluding carboxylic acids is 1. The summed E-state index contributed by atoms with van der Waals surface area (Å²) in [6, 6.07) is 7.72. The van der Waals surface area contributed by atoms with Crippen molar-refractivity contribution in [2.24, 2.45) is 11.7 Å². The second-order valence-corrected chi connectivity index (χ2v) is 5.98. The molecular formula is C17H23N3O2. The third kappa shape index (κ3) is 4.43. The number of amides is 1. The largest absolute Gasteiger partial charge is 0.446 e. The number of aromatic nitrogens is 1. The molecule has 2 rings (SSSR count).